The lowest BCUT2D eigenvalue weighted by molar-refractivity contribution is 0.458. The molecule has 3 aromatic carbocycles. The normalized spacial score (nSPS) is 12.4. The maximum Gasteiger partial charge on any atom is 0.173 e. The third-order valence-corrected chi connectivity index (χ3v) is 6.28. The summed E-state index contributed by atoms with van der Waals surface area (Å²) in [6, 6.07) is 18.3. The maximum atomic E-state index is 11.1. The predicted molar refractivity (Wildman–Crippen MR) is 149 cm³/mol. The second-order valence-electron chi connectivity index (χ2n) is 9.28. The number of aromatic nitrogens is 8. The fraction of sp³-hybridized carbons (Fsp3) is 0.185. The van der Waals surface area contributed by atoms with Gasteiger partial charge in [0.2, 0.25) is 0 Å². The molecule has 0 saturated carbocycles. The Kier molecular flexibility index (Phi) is 7.27. The van der Waals surface area contributed by atoms with Crippen LogP contribution in [-0.4, -0.2) is 77.4 Å². The maximum absolute atomic E-state index is 11.1. The van der Waals surface area contributed by atoms with Gasteiger partial charge < -0.3 is 15.1 Å². The predicted octanol–water partition coefficient (Wildman–Crippen LogP) is 2.70. The lowest BCUT2D eigenvalue weighted by Crippen LogP contribution is -2.11. The van der Waals surface area contributed by atoms with Gasteiger partial charge in [0, 0.05) is 36.8 Å². The highest BCUT2D eigenvalue weighted by atomic mass is 16.3. The Bertz CT molecular complexity index is 1600. The van der Waals surface area contributed by atoms with Gasteiger partial charge >= 0.3 is 0 Å². The van der Waals surface area contributed by atoms with E-state index in [1.165, 1.54) is 9.58 Å². The Balaban J connectivity index is 1.63. The van der Waals surface area contributed by atoms with Crippen LogP contribution in [0.15, 0.2) is 70.9 Å². The van der Waals surface area contributed by atoms with Crippen LogP contribution in [0.1, 0.15) is 45.4 Å². The van der Waals surface area contributed by atoms with Gasteiger partial charge in [-0.3, -0.25) is 0 Å². The number of rotatable bonds is 8. The van der Waals surface area contributed by atoms with Gasteiger partial charge in [-0.1, -0.05) is 12.1 Å². The largest absolute Gasteiger partial charge is 0.508 e. The second kappa shape index (κ2) is 11.1. The van der Waals surface area contributed by atoms with Crippen LogP contribution < -0.4 is 4.90 Å². The van der Waals surface area contributed by atoms with E-state index in [9.17, 15) is 10.2 Å². The topological polar surface area (TPSA) is 156 Å². The summed E-state index contributed by atoms with van der Waals surface area (Å²) in [6.45, 7) is 3.49. The van der Waals surface area contributed by atoms with Gasteiger partial charge in [-0.25, -0.2) is 0 Å². The molecule has 202 valence electrons. The molecule has 0 unspecified atom stereocenters. The molecule has 0 aliphatic heterocycles. The van der Waals surface area contributed by atoms with Gasteiger partial charge in [-0.05, 0) is 99.9 Å². The monoisotopic (exact) mass is 537 g/mol. The molecule has 0 aliphatic rings. The van der Waals surface area contributed by atoms with E-state index >= 15 is 0 Å². The van der Waals surface area contributed by atoms with Crippen LogP contribution in [0.25, 0.3) is 0 Å². The van der Waals surface area contributed by atoms with E-state index in [1.54, 1.807) is 50.5 Å². The zero-order valence-corrected chi connectivity index (χ0v) is 22.3. The lowest BCUT2D eigenvalue weighted by Gasteiger charge is -2.23. The standard InChI is InChI=1S/C27H27N11O2/c1-17-30-32-34-37(17)28-15-19-8-10-25(39)23(12-19)27(21-6-5-7-22(14-21)36(3)4)24-13-20(9-11-26(24)40)16-29-38-18(2)31-33-35-38/h5-16,27,39-40H,1-4H3. The molecular weight excluding hydrogens is 510 g/mol. The molecule has 5 rings (SSSR count). The average molecular weight is 538 g/mol. The third-order valence-electron chi connectivity index (χ3n) is 6.28. The molecule has 13 nitrogen and oxygen atoms in total. The van der Waals surface area contributed by atoms with E-state index in [-0.39, 0.29) is 11.5 Å². The first kappa shape index (κ1) is 26.2. The van der Waals surface area contributed by atoms with Crippen molar-refractivity contribution in [2.75, 3.05) is 19.0 Å². The van der Waals surface area contributed by atoms with E-state index in [0.29, 0.717) is 33.9 Å². The smallest absolute Gasteiger partial charge is 0.173 e. The summed E-state index contributed by atoms with van der Waals surface area (Å²) >= 11 is 0. The van der Waals surface area contributed by atoms with Crippen molar-refractivity contribution in [3.63, 3.8) is 0 Å². The summed E-state index contributed by atoms with van der Waals surface area (Å²) in [5.41, 5.74) is 4.42. The quantitative estimate of drug-likeness (QED) is 0.224. The number of aromatic hydroxyl groups is 2. The minimum atomic E-state index is -0.536. The molecule has 0 radical (unpaired) electrons. The molecule has 2 aromatic heterocycles. The van der Waals surface area contributed by atoms with E-state index in [0.717, 1.165) is 11.3 Å². The number of benzene rings is 3. The first-order valence-corrected chi connectivity index (χ1v) is 12.3. The summed E-state index contributed by atoms with van der Waals surface area (Å²) in [6.07, 6.45) is 3.22. The van der Waals surface area contributed by atoms with Gasteiger partial charge in [-0.2, -0.15) is 10.2 Å². The molecule has 0 aliphatic carbocycles. The molecule has 5 aromatic rings. The van der Waals surface area contributed by atoms with Crippen LogP contribution in [0.5, 0.6) is 11.5 Å². The molecule has 2 heterocycles. The first-order chi connectivity index (χ1) is 19.3. The van der Waals surface area contributed by atoms with Crippen LogP contribution in [0.2, 0.25) is 0 Å². The highest BCUT2D eigenvalue weighted by Crippen LogP contribution is 2.41. The number of hydrogen-bond acceptors (Lipinski definition) is 11. The van der Waals surface area contributed by atoms with Crippen LogP contribution in [0, 0.1) is 13.8 Å². The zero-order chi connectivity index (χ0) is 28.2. The van der Waals surface area contributed by atoms with Gasteiger partial charge in [0.15, 0.2) is 11.6 Å². The minimum Gasteiger partial charge on any atom is -0.508 e. The summed E-state index contributed by atoms with van der Waals surface area (Å²) in [5.74, 6) is 0.673. The fourth-order valence-electron chi connectivity index (χ4n) is 4.19. The van der Waals surface area contributed by atoms with Crippen molar-refractivity contribution in [1.29, 1.82) is 0 Å². The lowest BCUT2D eigenvalue weighted by atomic mass is 9.82. The van der Waals surface area contributed by atoms with Crippen molar-refractivity contribution in [2.24, 2.45) is 10.2 Å². The minimum absolute atomic E-state index is 0.0683. The number of phenolic OH excluding ortho intramolecular Hbond substituents is 2. The molecule has 0 spiro atoms. The van der Waals surface area contributed by atoms with Gasteiger partial charge in [0.05, 0.1) is 12.4 Å². The molecule has 0 saturated heterocycles. The molecule has 0 fully saturated rings. The van der Waals surface area contributed by atoms with E-state index in [1.807, 2.05) is 55.4 Å². The molecule has 13 heteroatoms. The Morgan fingerprint density at radius 1 is 0.750 bits per heavy atom. The van der Waals surface area contributed by atoms with Crippen molar-refractivity contribution in [2.45, 2.75) is 19.8 Å². The van der Waals surface area contributed by atoms with Crippen LogP contribution in [-0.2, 0) is 0 Å². The highest BCUT2D eigenvalue weighted by molar-refractivity contribution is 5.82. The molecular formula is C27H27N11O2. The number of anilines is 1. The van der Waals surface area contributed by atoms with Crippen molar-refractivity contribution in [1.82, 2.24) is 40.6 Å². The molecule has 2 N–H and O–H groups in total. The number of nitrogens with zero attached hydrogens (tertiary/aromatic N) is 11. The van der Waals surface area contributed by atoms with Crippen molar-refractivity contribution < 1.29 is 10.2 Å². The Morgan fingerprint density at radius 2 is 1.27 bits per heavy atom. The van der Waals surface area contributed by atoms with Crippen molar-refractivity contribution in [3.05, 3.63) is 100 Å². The first-order valence-electron chi connectivity index (χ1n) is 12.3. The Labute approximate surface area is 229 Å². The fourth-order valence-corrected chi connectivity index (χ4v) is 4.19. The number of tetrazole rings is 2. The highest BCUT2D eigenvalue weighted by Gasteiger charge is 2.24. The average Bonchev–Trinajstić information content (AvgIpc) is 3.56. The van der Waals surface area contributed by atoms with Crippen LogP contribution in [0.4, 0.5) is 5.69 Å². The number of hydrogen-bond donors (Lipinski definition) is 2. The third kappa shape index (κ3) is 5.53. The van der Waals surface area contributed by atoms with Gasteiger partial charge in [0.1, 0.15) is 11.5 Å². The van der Waals surface area contributed by atoms with E-state index in [2.05, 4.69) is 41.3 Å². The molecule has 0 atom stereocenters. The SMILES string of the molecule is Cc1nnnn1N=Cc1ccc(O)c(C(c2cccc(N(C)C)c2)c2cc(C=Nn3nnnc3C)ccc2O)c1. The van der Waals surface area contributed by atoms with Gasteiger partial charge in [0.25, 0.3) is 0 Å². The van der Waals surface area contributed by atoms with E-state index in [4.69, 9.17) is 0 Å². The Hall–Kier alpha value is -5.46. The molecule has 0 amide bonds. The Morgan fingerprint density at radius 3 is 1.73 bits per heavy atom. The van der Waals surface area contributed by atoms with Crippen LogP contribution >= 0.6 is 0 Å². The van der Waals surface area contributed by atoms with Crippen LogP contribution in [0.3, 0.4) is 0 Å². The number of aryl methyl sites for hydroxylation is 2. The summed E-state index contributed by atoms with van der Waals surface area (Å²) < 4.78 is 0. The van der Waals surface area contributed by atoms with Crippen molar-refractivity contribution in [3.8, 4) is 11.5 Å². The summed E-state index contributed by atoms with van der Waals surface area (Å²) in [7, 11) is 3.92. The molecule has 0 bridgehead atoms. The zero-order valence-electron chi connectivity index (χ0n) is 22.3. The summed E-state index contributed by atoms with van der Waals surface area (Å²) in [4.78, 5) is 4.62. The van der Waals surface area contributed by atoms with E-state index < -0.39 is 5.92 Å². The second-order valence-corrected chi connectivity index (χ2v) is 9.28. The molecule has 40 heavy (non-hydrogen) atoms. The number of phenols is 2. The van der Waals surface area contributed by atoms with Crippen molar-refractivity contribution >= 4 is 18.1 Å². The van der Waals surface area contributed by atoms with Gasteiger partial charge in [-0.15, -0.1) is 19.8 Å². The summed E-state index contributed by atoms with van der Waals surface area (Å²) in [5, 5.41) is 53.4.